The molecule has 0 saturated carbocycles. The standard InChI is InChI=1S/C22H25N3O3S/c1-17-10-4-5-11-18(17)16-25-19-12-6-7-13-20(19)29(27,28)21(23-25)22(26)24-14-8-2-3-9-15-24/h4-7,10-13H,2-3,8-9,14-16H2,1H3. The Hall–Kier alpha value is -2.67. The van der Waals surface area contributed by atoms with Gasteiger partial charge < -0.3 is 4.90 Å². The summed E-state index contributed by atoms with van der Waals surface area (Å²) >= 11 is 0. The lowest BCUT2D eigenvalue weighted by Crippen LogP contribution is -2.43. The molecular weight excluding hydrogens is 386 g/mol. The lowest BCUT2D eigenvalue weighted by atomic mass is 10.1. The van der Waals surface area contributed by atoms with Crippen molar-refractivity contribution in [3.63, 3.8) is 0 Å². The molecule has 152 valence electrons. The number of carbonyl (C=O) groups excluding carboxylic acids is 1. The molecule has 29 heavy (non-hydrogen) atoms. The summed E-state index contributed by atoms with van der Waals surface area (Å²) in [5.74, 6) is -0.490. The van der Waals surface area contributed by atoms with Crippen LogP contribution < -0.4 is 5.01 Å². The van der Waals surface area contributed by atoms with Crippen LogP contribution in [0, 0.1) is 6.92 Å². The van der Waals surface area contributed by atoms with Crippen molar-refractivity contribution in [2.45, 2.75) is 44.0 Å². The minimum Gasteiger partial charge on any atom is -0.337 e. The Morgan fingerprint density at radius 1 is 0.966 bits per heavy atom. The first-order chi connectivity index (χ1) is 14.0. The van der Waals surface area contributed by atoms with Crippen molar-refractivity contribution in [1.82, 2.24) is 4.90 Å². The molecule has 0 aliphatic carbocycles. The maximum atomic E-state index is 13.2. The number of fused-ring (bicyclic) bond motifs is 1. The number of anilines is 1. The molecule has 4 rings (SSSR count). The molecule has 0 bridgehead atoms. The van der Waals surface area contributed by atoms with Gasteiger partial charge in [0.15, 0.2) is 0 Å². The average molecular weight is 412 g/mol. The second-order valence-electron chi connectivity index (χ2n) is 7.57. The van der Waals surface area contributed by atoms with E-state index < -0.39 is 15.7 Å². The first kappa shape index (κ1) is 19.6. The molecule has 0 aromatic heterocycles. The molecule has 0 N–H and O–H groups in total. The quantitative estimate of drug-likeness (QED) is 0.775. The maximum Gasteiger partial charge on any atom is 0.286 e. The van der Waals surface area contributed by atoms with Crippen LogP contribution in [0.15, 0.2) is 58.5 Å². The molecule has 1 amide bonds. The molecule has 7 heteroatoms. The highest BCUT2D eigenvalue weighted by Gasteiger charge is 2.39. The predicted octanol–water partition coefficient (Wildman–Crippen LogP) is 3.51. The van der Waals surface area contributed by atoms with E-state index in [0.717, 1.165) is 36.8 Å². The highest BCUT2D eigenvalue weighted by molar-refractivity contribution is 8.08. The Kier molecular flexibility index (Phi) is 5.41. The third kappa shape index (κ3) is 3.79. The van der Waals surface area contributed by atoms with Crippen LogP contribution in [0.4, 0.5) is 5.69 Å². The lowest BCUT2D eigenvalue weighted by Gasteiger charge is -2.29. The van der Waals surface area contributed by atoms with Gasteiger partial charge >= 0.3 is 0 Å². The summed E-state index contributed by atoms with van der Waals surface area (Å²) in [5, 5.41) is 5.66. The largest absolute Gasteiger partial charge is 0.337 e. The fourth-order valence-corrected chi connectivity index (χ4v) is 5.33. The number of aryl methyl sites for hydroxylation is 1. The molecule has 0 atom stereocenters. The minimum absolute atomic E-state index is 0.141. The first-order valence-corrected chi connectivity index (χ1v) is 11.5. The summed E-state index contributed by atoms with van der Waals surface area (Å²) in [4.78, 5) is 15.0. The number of benzene rings is 2. The molecule has 1 fully saturated rings. The summed E-state index contributed by atoms with van der Waals surface area (Å²) in [5.41, 5.74) is 2.63. The van der Waals surface area contributed by atoms with E-state index in [4.69, 9.17) is 0 Å². The first-order valence-electron chi connectivity index (χ1n) is 10.0. The van der Waals surface area contributed by atoms with Crippen molar-refractivity contribution in [1.29, 1.82) is 0 Å². The van der Waals surface area contributed by atoms with Gasteiger partial charge in [0.05, 0.1) is 17.1 Å². The van der Waals surface area contributed by atoms with E-state index in [9.17, 15) is 13.2 Å². The van der Waals surface area contributed by atoms with Crippen molar-refractivity contribution >= 4 is 26.5 Å². The number of hydrogen-bond acceptors (Lipinski definition) is 5. The van der Waals surface area contributed by atoms with E-state index in [1.54, 1.807) is 34.2 Å². The second-order valence-corrected chi connectivity index (χ2v) is 9.40. The van der Waals surface area contributed by atoms with Gasteiger partial charge in [0.1, 0.15) is 0 Å². The number of para-hydroxylation sites is 1. The van der Waals surface area contributed by atoms with E-state index in [2.05, 4.69) is 5.10 Å². The van der Waals surface area contributed by atoms with Crippen LogP contribution in [0.5, 0.6) is 0 Å². The van der Waals surface area contributed by atoms with Crippen LogP contribution in [-0.2, 0) is 21.2 Å². The van der Waals surface area contributed by atoms with Gasteiger partial charge in [0.25, 0.3) is 5.91 Å². The van der Waals surface area contributed by atoms with E-state index >= 15 is 0 Å². The highest BCUT2D eigenvalue weighted by Crippen LogP contribution is 2.33. The Bertz CT molecular complexity index is 1050. The van der Waals surface area contributed by atoms with Gasteiger partial charge in [0, 0.05) is 13.1 Å². The molecule has 6 nitrogen and oxygen atoms in total. The van der Waals surface area contributed by atoms with Gasteiger partial charge in [-0.2, -0.15) is 5.10 Å². The number of carbonyl (C=O) groups is 1. The fourth-order valence-electron chi connectivity index (χ4n) is 3.86. The van der Waals surface area contributed by atoms with E-state index in [1.807, 2.05) is 31.2 Å². The average Bonchev–Trinajstić information content (AvgIpc) is 3.01. The molecule has 2 aromatic carbocycles. The number of likely N-dealkylation sites (tertiary alicyclic amines) is 1. The smallest absolute Gasteiger partial charge is 0.286 e. The Labute approximate surface area is 171 Å². The van der Waals surface area contributed by atoms with Crippen LogP contribution in [0.3, 0.4) is 0 Å². The van der Waals surface area contributed by atoms with Gasteiger partial charge in [-0.25, -0.2) is 8.42 Å². The molecular formula is C22H25N3O3S. The summed E-state index contributed by atoms with van der Waals surface area (Å²) in [6, 6.07) is 14.7. The Morgan fingerprint density at radius 3 is 2.34 bits per heavy atom. The van der Waals surface area contributed by atoms with Gasteiger partial charge in [-0.15, -0.1) is 0 Å². The Morgan fingerprint density at radius 2 is 1.62 bits per heavy atom. The van der Waals surface area contributed by atoms with Crippen molar-refractivity contribution in [3.05, 3.63) is 59.7 Å². The van der Waals surface area contributed by atoms with E-state index in [0.29, 0.717) is 25.3 Å². The van der Waals surface area contributed by atoms with Crippen LogP contribution in [0.1, 0.15) is 36.8 Å². The van der Waals surface area contributed by atoms with Crippen molar-refractivity contribution < 1.29 is 13.2 Å². The third-order valence-corrected chi connectivity index (χ3v) is 7.25. The third-order valence-electron chi connectivity index (χ3n) is 5.56. The SMILES string of the molecule is Cc1ccccc1CN1N=C(C(=O)N2CCCCCC2)S(=O)(=O)c2ccccc21. The van der Waals surface area contributed by atoms with Crippen LogP contribution in [0.2, 0.25) is 0 Å². The summed E-state index contributed by atoms with van der Waals surface area (Å²) in [7, 11) is -3.96. The molecule has 2 heterocycles. The molecule has 0 spiro atoms. The normalized spacial score (nSPS) is 18.6. The highest BCUT2D eigenvalue weighted by atomic mass is 32.2. The van der Waals surface area contributed by atoms with Gasteiger partial charge in [-0.1, -0.05) is 49.2 Å². The minimum atomic E-state index is -3.96. The maximum absolute atomic E-state index is 13.2. The number of hydrogen-bond donors (Lipinski definition) is 0. The van der Waals surface area contributed by atoms with Crippen LogP contribution >= 0.6 is 0 Å². The lowest BCUT2D eigenvalue weighted by molar-refractivity contribution is -0.123. The second kappa shape index (κ2) is 7.99. The molecule has 2 aliphatic heterocycles. The molecule has 0 unspecified atom stereocenters. The zero-order valence-electron chi connectivity index (χ0n) is 16.5. The topological polar surface area (TPSA) is 70.1 Å². The van der Waals surface area contributed by atoms with Gasteiger partial charge in [-0.05, 0) is 43.0 Å². The zero-order chi connectivity index (χ0) is 20.4. The zero-order valence-corrected chi connectivity index (χ0v) is 17.4. The number of rotatable bonds is 3. The van der Waals surface area contributed by atoms with Gasteiger partial charge in [0.2, 0.25) is 14.9 Å². The fraction of sp³-hybridized carbons (Fsp3) is 0.364. The molecule has 0 radical (unpaired) electrons. The summed E-state index contributed by atoms with van der Waals surface area (Å²) < 4.78 is 26.5. The molecule has 2 aromatic rings. The number of hydrazone groups is 1. The monoisotopic (exact) mass is 411 g/mol. The van der Waals surface area contributed by atoms with Crippen LogP contribution in [0.25, 0.3) is 0 Å². The number of nitrogens with zero attached hydrogens (tertiary/aromatic N) is 3. The summed E-state index contributed by atoms with van der Waals surface area (Å²) in [6.07, 6.45) is 3.90. The van der Waals surface area contributed by atoms with Crippen molar-refractivity contribution in [3.8, 4) is 0 Å². The Balaban J connectivity index is 1.76. The predicted molar refractivity (Wildman–Crippen MR) is 113 cm³/mol. The molecule has 2 aliphatic rings. The summed E-state index contributed by atoms with van der Waals surface area (Å²) in [6.45, 7) is 3.56. The van der Waals surface area contributed by atoms with Crippen molar-refractivity contribution in [2.75, 3.05) is 18.1 Å². The van der Waals surface area contributed by atoms with Crippen molar-refractivity contribution in [2.24, 2.45) is 5.10 Å². The molecule has 1 saturated heterocycles. The van der Waals surface area contributed by atoms with E-state index in [-0.39, 0.29) is 9.94 Å². The number of sulfone groups is 1. The number of amides is 1. The van der Waals surface area contributed by atoms with E-state index in [1.165, 1.54) is 0 Å². The van der Waals surface area contributed by atoms with Gasteiger partial charge in [-0.3, -0.25) is 9.80 Å². The van der Waals surface area contributed by atoms with Crippen LogP contribution in [-0.4, -0.2) is 37.4 Å².